The largest absolute Gasteiger partial charge is 0.454 e. The standard InChI is InChI=1S/C28H23F6N5OS/c1-39(22-9-10-35-14-20(22)31)26-16(12-19(30)21-15-41-27(38-21)17-8-11-36-37-13-17)6-7-24(25(26)28(32,33)34)40-23-5-3-2-4-18(23)29/h2-8,11-13,15,20,22,35H,9-10,14H2,1H3/b19-12-/t20-,22+/m1/s1. The second-order valence-electron chi connectivity index (χ2n) is 9.26. The third kappa shape index (κ3) is 6.20. The maximum Gasteiger partial charge on any atom is 0.422 e. The summed E-state index contributed by atoms with van der Waals surface area (Å²) in [5, 5.41) is 12.2. The minimum Gasteiger partial charge on any atom is -0.454 e. The van der Waals surface area contributed by atoms with Crippen molar-refractivity contribution in [3.8, 4) is 22.1 Å². The van der Waals surface area contributed by atoms with Crippen LogP contribution >= 0.6 is 11.3 Å². The molecule has 1 aliphatic heterocycles. The van der Waals surface area contributed by atoms with E-state index in [1.807, 2.05) is 0 Å². The average Bonchev–Trinajstić information content (AvgIpc) is 3.45. The van der Waals surface area contributed by atoms with Crippen molar-refractivity contribution >= 4 is 28.9 Å². The summed E-state index contributed by atoms with van der Waals surface area (Å²) >= 11 is 1.13. The number of alkyl halides is 4. The van der Waals surface area contributed by atoms with Crippen LogP contribution < -0.4 is 15.0 Å². The smallest absolute Gasteiger partial charge is 0.422 e. The fraction of sp³-hybridized carbons (Fsp3) is 0.250. The normalized spacial score (nSPS) is 17.9. The first-order valence-electron chi connectivity index (χ1n) is 12.5. The maximum absolute atomic E-state index is 15.6. The Labute approximate surface area is 235 Å². The van der Waals surface area contributed by atoms with Crippen LogP contribution in [0.3, 0.4) is 0 Å². The van der Waals surface area contributed by atoms with Crippen LogP contribution in [-0.2, 0) is 6.18 Å². The Hall–Kier alpha value is -3.97. The van der Waals surface area contributed by atoms with Crippen LogP contribution in [0.1, 0.15) is 23.2 Å². The molecule has 0 saturated carbocycles. The van der Waals surface area contributed by atoms with Gasteiger partial charge in [0.15, 0.2) is 11.6 Å². The van der Waals surface area contributed by atoms with Gasteiger partial charge in [0.2, 0.25) is 0 Å². The van der Waals surface area contributed by atoms with Crippen molar-refractivity contribution in [1.82, 2.24) is 20.5 Å². The number of aromatic nitrogens is 3. The molecular weight excluding hydrogens is 568 g/mol. The van der Waals surface area contributed by atoms with Gasteiger partial charge < -0.3 is 15.0 Å². The first-order valence-corrected chi connectivity index (χ1v) is 13.4. The van der Waals surface area contributed by atoms with E-state index in [0.717, 1.165) is 34.4 Å². The first kappa shape index (κ1) is 28.6. The first-order chi connectivity index (χ1) is 19.6. The van der Waals surface area contributed by atoms with Gasteiger partial charge >= 0.3 is 6.18 Å². The lowest BCUT2D eigenvalue weighted by Gasteiger charge is -2.38. The van der Waals surface area contributed by atoms with Gasteiger partial charge in [-0.2, -0.15) is 23.4 Å². The van der Waals surface area contributed by atoms with Crippen LogP contribution in [0, 0.1) is 5.82 Å². The molecule has 0 radical (unpaired) electrons. The van der Waals surface area contributed by atoms with Gasteiger partial charge in [0.25, 0.3) is 0 Å². The summed E-state index contributed by atoms with van der Waals surface area (Å²) in [6.07, 6.45) is -2.49. The molecule has 0 bridgehead atoms. The molecule has 5 rings (SSSR count). The molecule has 2 aromatic heterocycles. The van der Waals surface area contributed by atoms with Crippen molar-refractivity contribution < 1.29 is 31.1 Å². The maximum atomic E-state index is 15.6. The molecule has 1 aliphatic rings. The van der Waals surface area contributed by atoms with E-state index in [4.69, 9.17) is 4.74 Å². The van der Waals surface area contributed by atoms with E-state index in [1.165, 1.54) is 49.1 Å². The molecule has 214 valence electrons. The van der Waals surface area contributed by atoms with E-state index >= 15 is 4.39 Å². The zero-order valence-electron chi connectivity index (χ0n) is 21.5. The fourth-order valence-corrected chi connectivity index (χ4v) is 5.44. The zero-order valence-corrected chi connectivity index (χ0v) is 22.3. The van der Waals surface area contributed by atoms with Crippen molar-refractivity contribution in [3.05, 3.63) is 82.9 Å². The predicted octanol–water partition coefficient (Wildman–Crippen LogP) is 7.15. The van der Waals surface area contributed by atoms with Gasteiger partial charge in [0.05, 0.1) is 24.1 Å². The van der Waals surface area contributed by atoms with E-state index in [-0.39, 0.29) is 24.2 Å². The van der Waals surface area contributed by atoms with Gasteiger partial charge in [0.1, 0.15) is 34.0 Å². The Balaban J connectivity index is 1.64. The van der Waals surface area contributed by atoms with E-state index in [9.17, 15) is 22.0 Å². The lowest BCUT2D eigenvalue weighted by molar-refractivity contribution is -0.138. The summed E-state index contributed by atoms with van der Waals surface area (Å²) in [5.74, 6) is -2.89. The summed E-state index contributed by atoms with van der Waals surface area (Å²) in [6.45, 7) is 0.333. The molecular formula is C28H23F6N5OS. The van der Waals surface area contributed by atoms with Gasteiger partial charge in [0, 0.05) is 30.1 Å². The Morgan fingerprint density at radius 2 is 1.93 bits per heavy atom. The number of anilines is 1. The van der Waals surface area contributed by atoms with Crippen molar-refractivity contribution in [2.45, 2.75) is 24.8 Å². The minimum atomic E-state index is -5.02. The van der Waals surface area contributed by atoms with E-state index in [0.29, 0.717) is 17.1 Å². The number of ether oxygens (including phenoxy) is 1. The molecule has 13 heteroatoms. The summed E-state index contributed by atoms with van der Waals surface area (Å²) in [7, 11) is 1.33. The molecule has 6 nitrogen and oxygen atoms in total. The molecule has 0 amide bonds. The topological polar surface area (TPSA) is 63.2 Å². The molecule has 2 aromatic carbocycles. The third-order valence-corrected chi connectivity index (χ3v) is 7.49. The number of halogens is 6. The summed E-state index contributed by atoms with van der Waals surface area (Å²) in [6, 6.07) is 7.95. The van der Waals surface area contributed by atoms with Crippen LogP contribution in [0.15, 0.2) is 60.2 Å². The second-order valence-corrected chi connectivity index (χ2v) is 10.1. The van der Waals surface area contributed by atoms with E-state index in [1.54, 1.807) is 6.07 Å². The quantitative estimate of drug-likeness (QED) is 0.230. The Kier molecular flexibility index (Phi) is 8.27. The Bertz CT molecular complexity index is 1540. The summed E-state index contributed by atoms with van der Waals surface area (Å²) in [5.41, 5.74) is -1.45. The van der Waals surface area contributed by atoms with Crippen LogP contribution in [0.5, 0.6) is 11.5 Å². The lowest BCUT2D eigenvalue weighted by Crippen LogP contribution is -2.50. The van der Waals surface area contributed by atoms with E-state index < -0.39 is 52.8 Å². The van der Waals surface area contributed by atoms with Crippen molar-refractivity contribution in [2.75, 3.05) is 25.0 Å². The lowest BCUT2D eigenvalue weighted by atomic mass is 9.97. The molecule has 0 spiro atoms. The second kappa shape index (κ2) is 11.9. The molecule has 0 unspecified atom stereocenters. The fourth-order valence-electron chi connectivity index (χ4n) is 4.64. The number of hydrogen-bond donors (Lipinski definition) is 1. The SMILES string of the molecule is CN(c1c(/C=C(\F)c2csc(-c3ccnnc3)n2)ccc(Oc2ccccc2F)c1C(F)(F)F)[C@H]1CCNC[C@H]1F. The molecule has 1 saturated heterocycles. The number of nitrogens with zero attached hydrogens (tertiary/aromatic N) is 4. The number of rotatable bonds is 7. The minimum absolute atomic E-state index is 0.0488. The number of hydrogen-bond acceptors (Lipinski definition) is 7. The van der Waals surface area contributed by atoms with Crippen LogP contribution in [0.4, 0.5) is 32.0 Å². The van der Waals surface area contributed by atoms with E-state index in [2.05, 4.69) is 20.5 Å². The van der Waals surface area contributed by atoms with Gasteiger partial charge in [-0.15, -0.1) is 11.3 Å². The summed E-state index contributed by atoms with van der Waals surface area (Å²) in [4.78, 5) is 5.41. The molecule has 41 heavy (non-hydrogen) atoms. The highest BCUT2D eigenvalue weighted by atomic mass is 32.1. The number of para-hydroxylation sites is 1. The molecule has 2 atom stereocenters. The van der Waals surface area contributed by atoms with Gasteiger partial charge in [-0.25, -0.2) is 18.2 Å². The number of benzene rings is 2. The monoisotopic (exact) mass is 591 g/mol. The van der Waals surface area contributed by atoms with Gasteiger partial charge in [-0.05, 0) is 49.4 Å². The number of nitrogens with one attached hydrogen (secondary N) is 1. The molecule has 4 aromatic rings. The highest BCUT2D eigenvalue weighted by Gasteiger charge is 2.42. The Morgan fingerprint density at radius 3 is 2.63 bits per heavy atom. The summed E-state index contributed by atoms with van der Waals surface area (Å²) < 4.78 is 94.4. The van der Waals surface area contributed by atoms with Crippen molar-refractivity contribution in [2.24, 2.45) is 0 Å². The highest BCUT2D eigenvalue weighted by molar-refractivity contribution is 7.13. The average molecular weight is 592 g/mol. The van der Waals surface area contributed by atoms with Crippen molar-refractivity contribution in [3.63, 3.8) is 0 Å². The van der Waals surface area contributed by atoms with Crippen LogP contribution in [0.25, 0.3) is 22.5 Å². The molecule has 0 aliphatic carbocycles. The zero-order chi connectivity index (χ0) is 29.1. The molecule has 1 N–H and O–H groups in total. The highest BCUT2D eigenvalue weighted by Crippen LogP contribution is 2.47. The van der Waals surface area contributed by atoms with Gasteiger partial charge in [-0.1, -0.05) is 12.1 Å². The predicted molar refractivity (Wildman–Crippen MR) is 145 cm³/mol. The number of piperidine rings is 1. The van der Waals surface area contributed by atoms with Crippen molar-refractivity contribution in [1.29, 1.82) is 0 Å². The van der Waals surface area contributed by atoms with Crippen LogP contribution in [-0.4, -0.2) is 47.5 Å². The number of thiazole rings is 1. The van der Waals surface area contributed by atoms with Gasteiger partial charge in [-0.3, -0.25) is 0 Å². The molecule has 3 heterocycles. The Morgan fingerprint density at radius 1 is 1.12 bits per heavy atom. The third-order valence-electron chi connectivity index (χ3n) is 6.60. The van der Waals surface area contributed by atoms with Crippen LogP contribution in [0.2, 0.25) is 0 Å². The molecule has 1 fully saturated rings.